The quantitative estimate of drug-likeness (QED) is 0.635. The summed E-state index contributed by atoms with van der Waals surface area (Å²) < 4.78 is 26.2. The van der Waals surface area contributed by atoms with Crippen LogP contribution in [0.25, 0.3) is 10.9 Å². The standard InChI is InChI=1S/C17H14BrFN2O3/c1-23-14-7-6-11(19)8-12(14)16(17(22)24-2)21-9-10-4-3-5-13(18)15(10)20-21/h3-9,16H,1-2H3. The van der Waals surface area contributed by atoms with Gasteiger partial charge in [0.25, 0.3) is 0 Å². The van der Waals surface area contributed by atoms with Crippen molar-refractivity contribution in [1.29, 1.82) is 0 Å². The van der Waals surface area contributed by atoms with E-state index < -0.39 is 17.8 Å². The van der Waals surface area contributed by atoms with E-state index in [1.165, 1.54) is 37.1 Å². The lowest BCUT2D eigenvalue weighted by atomic mass is 10.1. The minimum Gasteiger partial charge on any atom is -0.496 e. The molecule has 124 valence electrons. The zero-order valence-corrected chi connectivity index (χ0v) is 14.6. The number of esters is 1. The summed E-state index contributed by atoms with van der Waals surface area (Å²) in [6, 6.07) is 8.64. The first-order valence-corrected chi connectivity index (χ1v) is 7.89. The highest BCUT2D eigenvalue weighted by Crippen LogP contribution is 2.31. The molecule has 2 aromatic carbocycles. The molecule has 3 aromatic rings. The largest absolute Gasteiger partial charge is 0.496 e. The van der Waals surface area contributed by atoms with E-state index in [0.717, 1.165) is 9.86 Å². The molecule has 1 aromatic heterocycles. The van der Waals surface area contributed by atoms with Crippen molar-refractivity contribution in [2.45, 2.75) is 6.04 Å². The van der Waals surface area contributed by atoms with Crippen LogP contribution in [0.3, 0.4) is 0 Å². The number of carbonyl (C=O) groups is 1. The average Bonchev–Trinajstić information content (AvgIpc) is 3.00. The van der Waals surface area contributed by atoms with Crippen molar-refractivity contribution in [2.24, 2.45) is 0 Å². The van der Waals surface area contributed by atoms with Crippen LogP contribution in [0.4, 0.5) is 4.39 Å². The lowest BCUT2D eigenvalue weighted by Gasteiger charge is -2.18. The number of nitrogens with zero attached hydrogens (tertiary/aromatic N) is 2. The Morgan fingerprint density at radius 3 is 2.75 bits per heavy atom. The van der Waals surface area contributed by atoms with Crippen LogP contribution < -0.4 is 4.74 Å². The number of carbonyl (C=O) groups excluding carboxylic acids is 1. The normalized spacial score (nSPS) is 12.2. The van der Waals surface area contributed by atoms with Crippen molar-refractivity contribution >= 4 is 32.8 Å². The van der Waals surface area contributed by atoms with Gasteiger partial charge in [-0.2, -0.15) is 5.10 Å². The highest BCUT2D eigenvalue weighted by atomic mass is 79.9. The van der Waals surface area contributed by atoms with Crippen LogP contribution in [0.5, 0.6) is 5.75 Å². The smallest absolute Gasteiger partial charge is 0.335 e. The predicted octanol–water partition coefficient (Wildman–Crippen LogP) is 3.71. The molecule has 0 N–H and O–H groups in total. The van der Waals surface area contributed by atoms with Crippen LogP contribution in [0.1, 0.15) is 11.6 Å². The Kier molecular flexibility index (Phi) is 4.53. The second-order valence-electron chi connectivity index (χ2n) is 5.10. The molecule has 24 heavy (non-hydrogen) atoms. The second kappa shape index (κ2) is 6.60. The maximum Gasteiger partial charge on any atom is 0.335 e. The molecule has 3 rings (SSSR count). The van der Waals surface area contributed by atoms with Crippen LogP contribution in [-0.4, -0.2) is 30.0 Å². The highest BCUT2D eigenvalue weighted by Gasteiger charge is 2.28. The van der Waals surface area contributed by atoms with E-state index in [0.29, 0.717) is 16.8 Å². The van der Waals surface area contributed by atoms with Crippen LogP contribution in [0.2, 0.25) is 0 Å². The fourth-order valence-corrected chi connectivity index (χ4v) is 3.03. The van der Waals surface area contributed by atoms with Gasteiger partial charge in [0.1, 0.15) is 17.1 Å². The van der Waals surface area contributed by atoms with E-state index in [-0.39, 0.29) is 0 Å². The van der Waals surface area contributed by atoms with Crippen molar-refractivity contribution in [3.8, 4) is 5.75 Å². The molecule has 0 spiro atoms. The third kappa shape index (κ3) is 2.87. The summed E-state index contributed by atoms with van der Waals surface area (Å²) in [4.78, 5) is 12.4. The number of hydrogen-bond acceptors (Lipinski definition) is 4. The minimum absolute atomic E-state index is 0.341. The first-order chi connectivity index (χ1) is 11.5. The van der Waals surface area contributed by atoms with E-state index in [1.54, 1.807) is 6.20 Å². The van der Waals surface area contributed by atoms with E-state index in [9.17, 15) is 9.18 Å². The van der Waals surface area contributed by atoms with Gasteiger partial charge in [0, 0.05) is 21.6 Å². The van der Waals surface area contributed by atoms with Gasteiger partial charge in [0.05, 0.1) is 14.2 Å². The number of aromatic nitrogens is 2. The van der Waals surface area contributed by atoms with E-state index in [2.05, 4.69) is 21.0 Å². The third-order valence-electron chi connectivity index (χ3n) is 3.68. The Hall–Kier alpha value is -2.41. The molecule has 0 aliphatic heterocycles. The summed E-state index contributed by atoms with van der Waals surface area (Å²) in [5.74, 6) is -0.661. The molecule has 7 heteroatoms. The fourth-order valence-electron chi connectivity index (χ4n) is 2.57. The summed E-state index contributed by atoms with van der Waals surface area (Å²) in [5.41, 5.74) is 1.04. The van der Waals surface area contributed by atoms with Gasteiger partial charge in [-0.1, -0.05) is 12.1 Å². The van der Waals surface area contributed by atoms with Crippen LogP contribution in [0.15, 0.2) is 47.1 Å². The Morgan fingerprint density at radius 1 is 1.29 bits per heavy atom. The van der Waals surface area contributed by atoms with Crippen molar-refractivity contribution in [3.05, 3.63) is 58.4 Å². The first kappa shape index (κ1) is 16.4. The molecule has 0 radical (unpaired) electrons. The number of fused-ring (bicyclic) bond motifs is 1. The molecule has 1 unspecified atom stereocenters. The molecule has 5 nitrogen and oxygen atoms in total. The number of methoxy groups -OCH3 is 2. The van der Waals surface area contributed by atoms with Crippen molar-refractivity contribution in [3.63, 3.8) is 0 Å². The first-order valence-electron chi connectivity index (χ1n) is 7.09. The fraction of sp³-hybridized carbons (Fsp3) is 0.176. The number of hydrogen-bond donors (Lipinski definition) is 0. The molecule has 0 saturated carbocycles. The van der Waals surface area contributed by atoms with E-state index in [1.807, 2.05) is 18.2 Å². The summed E-state index contributed by atoms with van der Waals surface area (Å²) in [5, 5.41) is 5.30. The Balaban J connectivity index is 2.21. The second-order valence-corrected chi connectivity index (χ2v) is 5.95. The summed E-state index contributed by atoms with van der Waals surface area (Å²) >= 11 is 3.43. The predicted molar refractivity (Wildman–Crippen MR) is 90.5 cm³/mol. The van der Waals surface area contributed by atoms with Gasteiger partial charge in [-0.05, 0) is 40.2 Å². The molecule has 0 bridgehead atoms. The average molecular weight is 393 g/mol. The number of ether oxygens (including phenoxy) is 2. The van der Waals surface area contributed by atoms with E-state index >= 15 is 0 Å². The van der Waals surface area contributed by atoms with Crippen LogP contribution >= 0.6 is 15.9 Å². The summed E-state index contributed by atoms with van der Waals surface area (Å²) in [7, 11) is 2.74. The molecule has 0 aliphatic rings. The number of rotatable bonds is 4. The maximum atomic E-state index is 13.8. The SMILES string of the molecule is COC(=O)C(c1cc(F)ccc1OC)n1cc2cccc(Br)c2n1. The van der Waals surface area contributed by atoms with Crippen molar-refractivity contribution < 1.29 is 18.7 Å². The lowest BCUT2D eigenvalue weighted by Crippen LogP contribution is -2.23. The van der Waals surface area contributed by atoms with Gasteiger partial charge in [-0.15, -0.1) is 0 Å². The van der Waals surface area contributed by atoms with Gasteiger partial charge in [-0.3, -0.25) is 4.68 Å². The number of halogens is 2. The van der Waals surface area contributed by atoms with Gasteiger partial charge < -0.3 is 9.47 Å². The van der Waals surface area contributed by atoms with E-state index in [4.69, 9.17) is 9.47 Å². The molecule has 0 aliphatic carbocycles. The third-order valence-corrected chi connectivity index (χ3v) is 4.32. The molecule has 1 heterocycles. The lowest BCUT2D eigenvalue weighted by molar-refractivity contribution is -0.143. The minimum atomic E-state index is -0.958. The Labute approximate surface area is 146 Å². The van der Waals surface area contributed by atoms with Crippen molar-refractivity contribution in [2.75, 3.05) is 14.2 Å². The topological polar surface area (TPSA) is 53.4 Å². The van der Waals surface area contributed by atoms with Gasteiger partial charge in [0.15, 0.2) is 6.04 Å². The zero-order chi connectivity index (χ0) is 17.3. The number of benzene rings is 2. The van der Waals surface area contributed by atoms with Gasteiger partial charge in [-0.25, -0.2) is 9.18 Å². The van der Waals surface area contributed by atoms with Crippen LogP contribution in [-0.2, 0) is 9.53 Å². The van der Waals surface area contributed by atoms with Crippen molar-refractivity contribution in [1.82, 2.24) is 9.78 Å². The molecule has 0 fully saturated rings. The maximum absolute atomic E-state index is 13.8. The van der Waals surface area contributed by atoms with Gasteiger partial charge in [0.2, 0.25) is 0 Å². The summed E-state index contributed by atoms with van der Waals surface area (Å²) in [6.07, 6.45) is 1.71. The molecular formula is C17H14BrFN2O3. The zero-order valence-electron chi connectivity index (χ0n) is 13.0. The summed E-state index contributed by atoms with van der Waals surface area (Å²) in [6.45, 7) is 0. The van der Waals surface area contributed by atoms with Crippen LogP contribution in [0, 0.1) is 5.82 Å². The monoisotopic (exact) mass is 392 g/mol. The highest BCUT2D eigenvalue weighted by molar-refractivity contribution is 9.10. The Bertz CT molecular complexity index is 910. The molecule has 1 atom stereocenters. The Morgan fingerprint density at radius 2 is 2.08 bits per heavy atom. The molecule has 0 amide bonds. The molecular weight excluding hydrogens is 379 g/mol. The van der Waals surface area contributed by atoms with Gasteiger partial charge >= 0.3 is 5.97 Å². The molecule has 0 saturated heterocycles.